The Hall–Kier alpha value is -3.25. The Morgan fingerprint density at radius 1 is 0.926 bits per heavy atom. The van der Waals surface area contributed by atoms with Gasteiger partial charge in [-0.3, -0.25) is 10.2 Å². The molecule has 3 aromatic carbocycles. The predicted octanol–water partition coefficient (Wildman–Crippen LogP) is 4.11. The average Bonchev–Trinajstić information content (AvgIpc) is 2.67. The van der Waals surface area contributed by atoms with E-state index in [2.05, 4.69) is 16.2 Å². The molecule has 0 saturated carbocycles. The summed E-state index contributed by atoms with van der Waals surface area (Å²) < 4.78 is 5.65. The average molecular weight is 384 g/mol. The Morgan fingerprint density at radius 3 is 2.37 bits per heavy atom. The maximum absolute atomic E-state index is 12.1. The summed E-state index contributed by atoms with van der Waals surface area (Å²) in [7, 11) is 0. The van der Waals surface area contributed by atoms with Crippen molar-refractivity contribution in [2.45, 2.75) is 13.0 Å². The van der Waals surface area contributed by atoms with Crippen LogP contribution in [0.1, 0.15) is 6.92 Å². The van der Waals surface area contributed by atoms with Crippen molar-refractivity contribution in [3.05, 3.63) is 71.8 Å². The number of carbonyl (C=O) groups is 2. The molecule has 1 atom stereocenters. The first-order valence-corrected chi connectivity index (χ1v) is 8.67. The number of anilines is 1. The highest BCUT2D eigenvalue weighted by molar-refractivity contribution is 6.30. The maximum Gasteiger partial charge on any atom is 0.337 e. The minimum Gasteiger partial charge on any atom is -0.481 e. The number of fused-ring (bicyclic) bond motifs is 1. The Morgan fingerprint density at radius 2 is 1.63 bits per heavy atom. The molecule has 3 rings (SSSR count). The van der Waals surface area contributed by atoms with E-state index in [4.69, 9.17) is 16.3 Å². The molecule has 0 fully saturated rings. The second kappa shape index (κ2) is 8.42. The fourth-order valence-electron chi connectivity index (χ4n) is 2.41. The summed E-state index contributed by atoms with van der Waals surface area (Å²) in [6, 6.07) is 19.5. The van der Waals surface area contributed by atoms with Crippen molar-refractivity contribution in [1.82, 2.24) is 10.9 Å². The van der Waals surface area contributed by atoms with Gasteiger partial charge in [-0.2, -0.15) is 0 Å². The summed E-state index contributed by atoms with van der Waals surface area (Å²) in [5.74, 6) is 0.0939. The van der Waals surface area contributed by atoms with Crippen LogP contribution in [0.4, 0.5) is 10.5 Å². The molecule has 0 unspecified atom stereocenters. The third kappa shape index (κ3) is 5.12. The number of benzene rings is 3. The number of hydrazine groups is 1. The largest absolute Gasteiger partial charge is 0.481 e. The summed E-state index contributed by atoms with van der Waals surface area (Å²) in [6.07, 6.45) is -0.790. The maximum atomic E-state index is 12.1. The van der Waals surface area contributed by atoms with Gasteiger partial charge < -0.3 is 10.1 Å². The van der Waals surface area contributed by atoms with Crippen molar-refractivity contribution in [1.29, 1.82) is 0 Å². The number of nitrogens with one attached hydrogen (secondary N) is 3. The third-order valence-corrected chi connectivity index (χ3v) is 4.06. The molecule has 0 aliphatic heterocycles. The van der Waals surface area contributed by atoms with Crippen LogP contribution in [0.15, 0.2) is 66.7 Å². The minimum absolute atomic E-state index is 0.477. The summed E-state index contributed by atoms with van der Waals surface area (Å²) in [5.41, 5.74) is 5.15. The molecule has 0 saturated heterocycles. The standard InChI is InChI=1S/C20H18ClN3O3/c1-13(27-18-11-6-14-4-2-3-5-15(14)12-18)19(25)23-24-20(26)22-17-9-7-16(21)8-10-17/h2-13H,1H3,(H,23,25)(H2,22,24,26)/t13-/m1/s1. The fraction of sp³-hybridized carbons (Fsp3) is 0.100. The first kappa shape index (κ1) is 18.5. The molecule has 0 radical (unpaired) electrons. The molecule has 6 nitrogen and oxygen atoms in total. The molecular formula is C20H18ClN3O3. The van der Waals surface area contributed by atoms with Gasteiger partial charge in [0, 0.05) is 10.7 Å². The Labute approximate surface area is 161 Å². The summed E-state index contributed by atoms with van der Waals surface area (Å²) in [5, 5.41) is 5.24. The van der Waals surface area contributed by atoms with E-state index in [0.717, 1.165) is 10.8 Å². The lowest BCUT2D eigenvalue weighted by Crippen LogP contribution is -2.48. The van der Waals surface area contributed by atoms with Crippen LogP contribution in [0.25, 0.3) is 10.8 Å². The lowest BCUT2D eigenvalue weighted by Gasteiger charge is -2.16. The highest BCUT2D eigenvalue weighted by Gasteiger charge is 2.15. The van der Waals surface area contributed by atoms with Gasteiger partial charge >= 0.3 is 6.03 Å². The molecule has 0 aliphatic rings. The third-order valence-electron chi connectivity index (χ3n) is 3.80. The second-order valence-electron chi connectivity index (χ2n) is 5.84. The van der Waals surface area contributed by atoms with Gasteiger partial charge in [0.15, 0.2) is 6.10 Å². The van der Waals surface area contributed by atoms with Crippen molar-refractivity contribution in [2.75, 3.05) is 5.32 Å². The number of rotatable bonds is 4. The number of carbonyl (C=O) groups excluding carboxylic acids is 2. The molecule has 0 aromatic heterocycles. The Bertz CT molecular complexity index is 960. The molecule has 27 heavy (non-hydrogen) atoms. The minimum atomic E-state index is -0.790. The molecule has 3 amide bonds. The molecule has 3 aromatic rings. The predicted molar refractivity (Wildman–Crippen MR) is 106 cm³/mol. The zero-order valence-electron chi connectivity index (χ0n) is 14.5. The van der Waals surface area contributed by atoms with E-state index in [1.54, 1.807) is 37.3 Å². The van der Waals surface area contributed by atoms with E-state index in [1.807, 2.05) is 36.4 Å². The van der Waals surface area contributed by atoms with Crippen LogP contribution in [0.5, 0.6) is 5.75 Å². The van der Waals surface area contributed by atoms with Gasteiger partial charge in [-0.05, 0) is 54.1 Å². The van der Waals surface area contributed by atoms with Crippen LogP contribution in [0.2, 0.25) is 5.02 Å². The van der Waals surface area contributed by atoms with Gasteiger partial charge in [-0.1, -0.05) is 41.9 Å². The smallest absolute Gasteiger partial charge is 0.337 e. The van der Waals surface area contributed by atoms with Gasteiger partial charge in [0.05, 0.1) is 0 Å². The lowest BCUT2D eigenvalue weighted by atomic mass is 10.1. The van der Waals surface area contributed by atoms with Crippen molar-refractivity contribution >= 4 is 40.0 Å². The highest BCUT2D eigenvalue weighted by atomic mass is 35.5. The van der Waals surface area contributed by atoms with E-state index in [9.17, 15) is 9.59 Å². The van der Waals surface area contributed by atoms with E-state index < -0.39 is 18.0 Å². The SMILES string of the molecule is C[C@@H](Oc1ccc2ccccc2c1)C(=O)NNC(=O)Nc1ccc(Cl)cc1. The van der Waals surface area contributed by atoms with Gasteiger partial charge in [-0.15, -0.1) is 0 Å². The quantitative estimate of drug-likeness (QED) is 0.593. The first-order chi connectivity index (χ1) is 13.0. The molecule has 7 heteroatoms. The van der Waals surface area contributed by atoms with E-state index in [1.165, 1.54) is 0 Å². The molecular weight excluding hydrogens is 366 g/mol. The topological polar surface area (TPSA) is 79.5 Å². The fourth-order valence-corrected chi connectivity index (χ4v) is 2.54. The van der Waals surface area contributed by atoms with Gasteiger partial charge in [0.2, 0.25) is 0 Å². The molecule has 0 bridgehead atoms. The zero-order chi connectivity index (χ0) is 19.2. The zero-order valence-corrected chi connectivity index (χ0v) is 15.3. The first-order valence-electron chi connectivity index (χ1n) is 8.29. The van der Waals surface area contributed by atoms with Crippen LogP contribution in [-0.4, -0.2) is 18.0 Å². The molecule has 0 heterocycles. The molecule has 0 spiro atoms. The number of halogens is 1. The molecule has 0 aliphatic carbocycles. The van der Waals surface area contributed by atoms with Crippen molar-refractivity contribution < 1.29 is 14.3 Å². The second-order valence-corrected chi connectivity index (χ2v) is 6.28. The number of hydrogen-bond acceptors (Lipinski definition) is 3. The number of urea groups is 1. The van der Waals surface area contributed by atoms with Crippen LogP contribution >= 0.6 is 11.6 Å². The number of ether oxygens (including phenoxy) is 1. The van der Waals surface area contributed by atoms with Crippen LogP contribution < -0.4 is 20.9 Å². The van der Waals surface area contributed by atoms with Crippen molar-refractivity contribution in [3.63, 3.8) is 0 Å². The van der Waals surface area contributed by atoms with E-state index in [0.29, 0.717) is 16.5 Å². The monoisotopic (exact) mass is 383 g/mol. The molecule has 3 N–H and O–H groups in total. The van der Waals surface area contributed by atoms with Crippen molar-refractivity contribution in [3.8, 4) is 5.75 Å². The van der Waals surface area contributed by atoms with Crippen molar-refractivity contribution in [2.24, 2.45) is 0 Å². The summed E-state index contributed by atoms with van der Waals surface area (Å²) in [6.45, 7) is 1.60. The number of hydrogen-bond donors (Lipinski definition) is 3. The number of amides is 3. The van der Waals surface area contributed by atoms with Gasteiger partial charge in [0.1, 0.15) is 5.75 Å². The van der Waals surface area contributed by atoms with Gasteiger partial charge in [-0.25, -0.2) is 10.2 Å². The summed E-state index contributed by atoms with van der Waals surface area (Å²) >= 11 is 5.79. The normalized spacial score (nSPS) is 11.5. The van der Waals surface area contributed by atoms with Gasteiger partial charge in [0.25, 0.3) is 5.91 Å². The lowest BCUT2D eigenvalue weighted by molar-refractivity contribution is -0.127. The van der Waals surface area contributed by atoms with E-state index in [-0.39, 0.29) is 0 Å². The van der Waals surface area contributed by atoms with E-state index >= 15 is 0 Å². The molecule has 138 valence electrons. The Kier molecular flexibility index (Phi) is 5.78. The van der Waals surface area contributed by atoms with Crippen LogP contribution in [0, 0.1) is 0 Å². The highest BCUT2D eigenvalue weighted by Crippen LogP contribution is 2.21. The summed E-state index contributed by atoms with van der Waals surface area (Å²) in [4.78, 5) is 23.9. The van der Waals surface area contributed by atoms with Crippen LogP contribution in [-0.2, 0) is 4.79 Å². The Balaban J connectivity index is 1.50. The van der Waals surface area contributed by atoms with Crippen LogP contribution in [0.3, 0.4) is 0 Å².